The van der Waals surface area contributed by atoms with E-state index in [1.54, 1.807) is 12.1 Å². The summed E-state index contributed by atoms with van der Waals surface area (Å²) < 4.78 is 57.7. The van der Waals surface area contributed by atoms with E-state index in [1.807, 2.05) is 0 Å². The van der Waals surface area contributed by atoms with E-state index in [-0.39, 0.29) is 33.4 Å². The fourth-order valence-electron chi connectivity index (χ4n) is 2.60. The van der Waals surface area contributed by atoms with Crippen LogP contribution in [0.25, 0.3) is 11.3 Å². The molecule has 32 heavy (non-hydrogen) atoms. The number of aromatic nitrogens is 2. The van der Waals surface area contributed by atoms with E-state index < -0.39 is 29.6 Å². The van der Waals surface area contributed by atoms with Crippen LogP contribution in [0.3, 0.4) is 0 Å². The van der Waals surface area contributed by atoms with E-state index in [0.29, 0.717) is 11.8 Å². The number of carbonyl (C=O) groups excluding carboxylic acids is 2. The standard InChI is InChI=1S/C21H15F4N3O3S/c1-31-19(30)14-4-2-3-5-15(14)26-18(29)11-32-20-27-16(10-17(28-20)21(23,24)25)12-6-8-13(22)9-7-12/h2-10H,11H2,1H3,(H,26,29). The summed E-state index contributed by atoms with van der Waals surface area (Å²) >= 11 is 0.686. The Labute approximate surface area is 184 Å². The van der Waals surface area contributed by atoms with Gasteiger partial charge in [0.05, 0.1) is 29.8 Å². The number of para-hydroxylation sites is 1. The summed E-state index contributed by atoms with van der Waals surface area (Å²) in [5, 5.41) is 2.23. The van der Waals surface area contributed by atoms with Crippen molar-refractivity contribution in [1.82, 2.24) is 9.97 Å². The second kappa shape index (κ2) is 9.77. The van der Waals surface area contributed by atoms with E-state index in [1.165, 1.54) is 31.4 Å². The number of nitrogens with zero attached hydrogens (tertiary/aromatic N) is 2. The molecule has 0 saturated carbocycles. The van der Waals surface area contributed by atoms with E-state index in [0.717, 1.165) is 18.2 Å². The van der Waals surface area contributed by atoms with Gasteiger partial charge < -0.3 is 10.1 Å². The minimum absolute atomic E-state index is 0.0636. The molecule has 0 aliphatic carbocycles. The summed E-state index contributed by atoms with van der Waals surface area (Å²) in [4.78, 5) is 31.7. The lowest BCUT2D eigenvalue weighted by atomic mass is 10.1. The Kier molecular flexibility index (Phi) is 7.08. The molecular weight excluding hydrogens is 450 g/mol. The largest absolute Gasteiger partial charge is 0.465 e. The zero-order valence-electron chi connectivity index (χ0n) is 16.4. The molecular formula is C21H15F4N3O3S. The molecule has 2 aromatic carbocycles. The zero-order valence-corrected chi connectivity index (χ0v) is 17.3. The highest BCUT2D eigenvalue weighted by molar-refractivity contribution is 7.99. The van der Waals surface area contributed by atoms with E-state index in [2.05, 4.69) is 20.0 Å². The fourth-order valence-corrected chi connectivity index (χ4v) is 3.26. The lowest BCUT2D eigenvalue weighted by Crippen LogP contribution is -2.17. The molecule has 0 atom stereocenters. The molecule has 166 valence electrons. The average molecular weight is 465 g/mol. The number of nitrogens with one attached hydrogen (secondary N) is 1. The predicted octanol–water partition coefficient (Wildman–Crippen LogP) is 4.82. The smallest absolute Gasteiger partial charge is 0.433 e. The minimum Gasteiger partial charge on any atom is -0.465 e. The molecule has 1 N–H and O–H groups in total. The molecule has 6 nitrogen and oxygen atoms in total. The van der Waals surface area contributed by atoms with Crippen molar-refractivity contribution < 1.29 is 31.9 Å². The third-order valence-corrected chi connectivity index (χ3v) is 4.92. The molecule has 0 saturated heterocycles. The first-order valence-electron chi connectivity index (χ1n) is 8.99. The van der Waals surface area contributed by atoms with Gasteiger partial charge in [-0.3, -0.25) is 4.79 Å². The monoisotopic (exact) mass is 465 g/mol. The molecule has 1 aromatic heterocycles. The summed E-state index contributed by atoms with van der Waals surface area (Å²) in [6.07, 6.45) is -4.74. The van der Waals surface area contributed by atoms with E-state index in [9.17, 15) is 27.2 Å². The summed E-state index contributed by atoms with van der Waals surface area (Å²) in [7, 11) is 1.19. The summed E-state index contributed by atoms with van der Waals surface area (Å²) in [5.74, 6) is -2.11. The fraction of sp³-hybridized carbons (Fsp3) is 0.143. The van der Waals surface area contributed by atoms with Crippen LogP contribution in [0.15, 0.2) is 59.8 Å². The summed E-state index contributed by atoms with van der Waals surface area (Å²) in [6, 6.07) is 11.7. The van der Waals surface area contributed by atoms with Gasteiger partial charge in [0.2, 0.25) is 5.91 Å². The molecule has 0 unspecified atom stereocenters. The van der Waals surface area contributed by atoms with Gasteiger partial charge in [-0.25, -0.2) is 19.2 Å². The number of halogens is 4. The maximum atomic E-state index is 13.3. The van der Waals surface area contributed by atoms with Gasteiger partial charge in [-0.2, -0.15) is 13.2 Å². The number of hydrogen-bond donors (Lipinski definition) is 1. The van der Waals surface area contributed by atoms with Crippen molar-refractivity contribution in [3.05, 3.63) is 71.7 Å². The van der Waals surface area contributed by atoms with Gasteiger partial charge in [0.25, 0.3) is 0 Å². The minimum atomic E-state index is -4.74. The maximum Gasteiger partial charge on any atom is 0.433 e. The molecule has 1 amide bonds. The van der Waals surface area contributed by atoms with Crippen LogP contribution in [0.1, 0.15) is 16.1 Å². The number of esters is 1. The number of rotatable bonds is 6. The quantitative estimate of drug-likeness (QED) is 0.243. The van der Waals surface area contributed by atoms with Gasteiger partial charge in [-0.1, -0.05) is 23.9 Å². The molecule has 3 rings (SSSR count). The molecule has 3 aromatic rings. The first kappa shape index (κ1) is 23.2. The molecule has 0 aliphatic heterocycles. The average Bonchev–Trinajstić information content (AvgIpc) is 2.77. The Balaban J connectivity index is 1.80. The van der Waals surface area contributed by atoms with Gasteiger partial charge in [0.1, 0.15) is 11.5 Å². The maximum absolute atomic E-state index is 13.3. The van der Waals surface area contributed by atoms with Gasteiger partial charge in [-0.15, -0.1) is 0 Å². The number of methoxy groups -OCH3 is 1. The van der Waals surface area contributed by atoms with Gasteiger partial charge in [0.15, 0.2) is 5.16 Å². The first-order chi connectivity index (χ1) is 15.2. The van der Waals surface area contributed by atoms with Crippen LogP contribution in [0.5, 0.6) is 0 Å². The lowest BCUT2D eigenvalue weighted by Gasteiger charge is -2.11. The molecule has 0 radical (unpaired) electrons. The van der Waals surface area contributed by atoms with Crippen molar-refractivity contribution in [2.75, 3.05) is 18.2 Å². The SMILES string of the molecule is COC(=O)c1ccccc1NC(=O)CSc1nc(-c2ccc(F)cc2)cc(C(F)(F)F)n1. The van der Waals surface area contributed by atoms with Crippen LogP contribution in [-0.4, -0.2) is 34.7 Å². The van der Waals surface area contributed by atoms with Crippen LogP contribution >= 0.6 is 11.8 Å². The number of alkyl halides is 3. The molecule has 0 bridgehead atoms. The Morgan fingerprint density at radius 3 is 2.41 bits per heavy atom. The molecule has 1 heterocycles. The van der Waals surface area contributed by atoms with Crippen LogP contribution in [-0.2, 0) is 15.7 Å². The van der Waals surface area contributed by atoms with Crippen molar-refractivity contribution in [3.63, 3.8) is 0 Å². The normalized spacial score (nSPS) is 11.2. The predicted molar refractivity (Wildman–Crippen MR) is 110 cm³/mol. The van der Waals surface area contributed by atoms with Crippen molar-refractivity contribution in [2.24, 2.45) is 0 Å². The number of anilines is 1. The highest BCUT2D eigenvalue weighted by Gasteiger charge is 2.34. The Morgan fingerprint density at radius 1 is 1.06 bits per heavy atom. The lowest BCUT2D eigenvalue weighted by molar-refractivity contribution is -0.141. The number of ether oxygens (including phenoxy) is 1. The highest BCUT2D eigenvalue weighted by atomic mass is 32.2. The Hall–Kier alpha value is -3.47. The molecule has 0 aliphatic rings. The number of hydrogen-bond acceptors (Lipinski definition) is 6. The number of carbonyl (C=O) groups is 2. The third-order valence-electron chi connectivity index (χ3n) is 4.07. The van der Waals surface area contributed by atoms with Gasteiger partial charge in [-0.05, 0) is 42.5 Å². The third kappa shape index (κ3) is 5.82. The van der Waals surface area contributed by atoms with E-state index in [4.69, 9.17) is 0 Å². The molecule has 0 fully saturated rings. The van der Waals surface area contributed by atoms with Crippen LogP contribution in [0.2, 0.25) is 0 Å². The summed E-state index contributed by atoms with van der Waals surface area (Å²) in [6.45, 7) is 0. The number of amides is 1. The zero-order chi connectivity index (χ0) is 23.3. The van der Waals surface area contributed by atoms with Gasteiger partial charge >= 0.3 is 12.1 Å². The summed E-state index contributed by atoms with van der Waals surface area (Å²) in [5.41, 5.74) is -0.668. The molecule has 0 spiro atoms. The van der Waals surface area contributed by atoms with Crippen molar-refractivity contribution in [3.8, 4) is 11.3 Å². The van der Waals surface area contributed by atoms with Crippen LogP contribution < -0.4 is 5.32 Å². The van der Waals surface area contributed by atoms with Crippen molar-refractivity contribution in [1.29, 1.82) is 0 Å². The second-order valence-corrected chi connectivity index (χ2v) is 7.24. The van der Waals surface area contributed by atoms with Gasteiger partial charge in [0, 0.05) is 5.56 Å². The Morgan fingerprint density at radius 2 is 1.75 bits per heavy atom. The van der Waals surface area contributed by atoms with E-state index >= 15 is 0 Å². The second-order valence-electron chi connectivity index (χ2n) is 6.30. The van der Waals surface area contributed by atoms with Crippen molar-refractivity contribution in [2.45, 2.75) is 11.3 Å². The van der Waals surface area contributed by atoms with Crippen molar-refractivity contribution >= 4 is 29.3 Å². The first-order valence-corrected chi connectivity index (χ1v) is 9.98. The van der Waals surface area contributed by atoms with Crippen LogP contribution in [0.4, 0.5) is 23.2 Å². The topological polar surface area (TPSA) is 81.2 Å². The highest BCUT2D eigenvalue weighted by Crippen LogP contribution is 2.32. The number of thioether (sulfide) groups is 1. The number of benzene rings is 2. The molecule has 11 heteroatoms. The van der Waals surface area contributed by atoms with Crippen LogP contribution in [0, 0.1) is 5.82 Å². The Bertz CT molecular complexity index is 1140.